The first-order chi connectivity index (χ1) is 8.11. The highest BCUT2D eigenvalue weighted by Crippen LogP contribution is 2.14. The molecule has 1 aromatic rings. The van der Waals surface area contributed by atoms with Gasteiger partial charge in [-0.2, -0.15) is 0 Å². The molecule has 0 aromatic heterocycles. The monoisotopic (exact) mass is 235 g/mol. The van der Waals surface area contributed by atoms with E-state index in [1.54, 1.807) is 0 Å². The Morgan fingerprint density at radius 3 is 2.88 bits per heavy atom. The maximum Gasteiger partial charge on any atom is 0.217 e. The molecule has 1 rings (SSSR count). The zero-order valence-electron chi connectivity index (χ0n) is 10.8. The van der Waals surface area contributed by atoms with Crippen molar-refractivity contribution in [3.63, 3.8) is 0 Å². The zero-order valence-corrected chi connectivity index (χ0v) is 10.8. The van der Waals surface area contributed by atoms with Gasteiger partial charge in [0.05, 0.1) is 6.61 Å². The van der Waals surface area contributed by atoms with E-state index in [1.165, 1.54) is 12.5 Å². The lowest BCUT2D eigenvalue weighted by Crippen LogP contribution is -2.31. The standard InChI is InChI=1S/C14H21NO2/c1-4-8-17-14-7-5-6-13(10-14)9-11(2)15-12(3)16/h5-7,10-11H,4,8-9H2,1-3H3,(H,15,16). The third-order valence-electron chi connectivity index (χ3n) is 2.36. The minimum absolute atomic E-state index is 0.0101. The van der Waals surface area contributed by atoms with E-state index >= 15 is 0 Å². The second-order valence-corrected chi connectivity index (χ2v) is 4.30. The maximum atomic E-state index is 10.9. The Kier molecular flexibility index (Phi) is 5.53. The SMILES string of the molecule is CCCOc1cccc(CC(C)NC(C)=O)c1. The van der Waals surface area contributed by atoms with Gasteiger partial charge in [0.15, 0.2) is 0 Å². The number of carbonyl (C=O) groups is 1. The quantitative estimate of drug-likeness (QED) is 0.823. The molecule has 0 aliphatic rings. The van der Waals surface area contributed by atoms with Crippen molar-refractivity contribution in [1.82, 2.24) is 5.32 Å². The van der Waals surface area contributed by atoms with Crippen molar-refractivity contribution in [3.05, 3.63) is 29.8 Å². The Morgan fingerprint density at radius 1 is 1.47 bits per heavy atom. The Morgan fingerprint density at radius 2 is 2.24 bits per heavy atom. The minimum Gasteiger partial charge on any atom is -0.494 e. The summed E-state index contributed by atoms with van der Waals surface area (Å²) < 4.78 is 5.57. The van der Waals surface area contributed by atoms with E-state index < -0.39 is 0 Å². The van der Waals surface area contributed by atoms with E-state index in [-0.39, 0.29) is 11.9 Å². The lowest BCUT2D eigenvalue weighted by atomic mass is 10.1. The summed E-state index contributed by atoms with van der Waals surface area (Å²) in [4.78, 5) is 10.9. The summed E-state index contributed by atoms with van der Waals surface area (Å²) in [5.41, 5.74) is 1.18. The topological polar surface area (TPSA) is 38.3 Å². The Bertz CT molecular complexity index is 363. The zero-order chi connectivity index (χ0) is 12.7. The molecule has 1 unspecified atom stereocenters. The fraction of sp³-hybridized carbons (Fsp3) is 0.500. The van der Waals surface area contributed by atoms with Crippen molar-refractivity contribution in [2.45, 2.75) is 39.7 Å². The van der Waals surface area contributed by atoms with Crippen LogP contribution in [0.25, 0.3) is 0 Å². The average Bonchev–Trinajstić information content (AvgIpc) is 2.25. The van der Waals surface area contributed by atoms with E-state index in [0.717, 1.165) is 25.2 Å². The normalized spacial score (nSPS) is 11.9. The van der Waals surface area contributed by atoms with Crippen molar-refractivity contribution in [2.24, 2.45) is 0 Å². The van der Waals surface area contributed by atoms with Crippen LogP contribution >= 0.6 is 0 Å². The number of carbonyl (C=O) groups excluding carboxylic acids is 1. The summed E-state index contributed by atoms with van der Waals surface area (Å²) >= 11 is 0. The highest BCUT2D eigenvalue weighted by Gasteiger charge is 2.05. The molecule has 0 aliphatic heterocycles. The first kappa shape index (κ1) is 13.6. The van der Waals surface area contributed by atoms with Gasteiger partial charge in [0.1, 0.15) is 5.75 Å². The molecule has 17 heavy (non-hydrogen) atoms. The maximum absolute atomic E-state index is 10.9. The number of benzene rings is 1. The van der Waals surface area contributed by atoms with Crippen LogP contribution in [-0.2, 0) is 11.2 Å². The van der Waals surface area contributed by atoms with Gasteiger partial charge in [0, 0.05) is 13.0 Å². The third-order valence-corrected chi connectivity index (χ3v) is 2.36. The Balaban J connectivity index is 2.55. The van der Waals surface area contributed by atoms with Crippen LogP contribution in [0, 0.1) is 0 Å². The third kappa shape index (κ3) is 5.38. The lowest BCUT2D eigenvalue weighted by molar-refractivity contribution is -0.119. The van der Waals surface area contributed by atoms with Gasteiger partial charge in [-0.15, -0.1) is 0 Å². The highest BCUT2D eigenvalue weighted by molar-refractivity contribution is 5.73. The smallest absolute Gasteiger partial charge is 0.217 e. The molecule has 1 amide bonds. The van der Waals surface area contributed by atoms with Crippen molar-refractivity contribution in [1.29, 1.82) is 0 Å². The van der Waals surface area contributed by atoms with Crippen LogP contribution in [0.4, 0.5) is 0 Å². The Hall–Kier alpha value is -1.51. The van der Waals surface area contributed by atoms with Crippen LogP contribution in [0.2, 0.25) is 0 Å². The van der Waals surface area contributed by atoms with Gasteiger partial charge in [-0.25, -0.2) is 0 Å². The number of hydrogen-bond donors (Lipinski definition) is 1. The molecule has 3 heteroatoms. The fourth-order valence-electron chi connectivity index (χ4n) is 1.73. The first-order valence-electron chi connectivity index (χ1n) is 6.10. The van der Waals surface area contributed by atoms with Crippen molar-refractivity contribution in [2.75, 3.05) is 6.61 Å². The molecule has 0 spiro atoms. The second kappa shape index (κ2) is 6.94. The fourth-order valence-corrected chi connectivity index (χ4v) is 1.73. The summed E-state index contributed by atoms with van der Waals surface area (Å²) in [6.07, 6.45) is 1.83. The molecule has 0 fully saturated rings. The molecular weight excluding hydrogens is 214 g/mol. The molecule has 0 aliphatic carbocycles. The van der Waals surface area contributed by atoms with Crippen LogP contribution < -0.4 is 10.1 Å². The van der Waals surface area contributed by atoms with Gasteiger partial charge >= 0.3 is 0 Å². The van der Waals surface area contributed by atoms with Crippen molar-refractivity contribution in [3.8, 4) is 5.75 Å². The van der Waals surface area contributed by atoms with Crippen LogP contribution in [0.5, 0.6) is 5.75 Å². The summed E-state index contributed by atoms with van der Waals surface area (Å²) in [5.74, 6) is 0.912. The number of rotatable bonds is 6. The number of ether oxygens (including phenoxy) is 1. The van der Waals surface area contributed by atoms with Crippen LogP contribution in [-0.4, -0.2) is 18.6 Å². The average molecular weight is 235 g/mol. The van der Waals surface area contributed by atoms with Crippen molar-refractivity contribution >= 4 is 5.91 Å². The molecule has 0 radical (unpaired) electrons. The predicted octanol–water partition coefficient (Wildman–Crippen LogP) is 2.54. The summed E-state index contributed by atoms with van der Waals surface area (Å²) in [6, 6.07) is 8.18. The van der Waals surface area contributed by atoms with E-state index in [9.17, 15) is 4.79 Å². The van der Waals surface area contributed by atoms with Gasteiger partial charge in [-0.05, 0) is 37.5 Å². The molecule has 1 N–H and O–H groups in total. The summed E-state index contributed by atoms with van der Waals surface area (Å²) in [6.45, 7) is 6.37. The molecule has 0 saturated heterocycles. The molecular formula is C14H21NO2. The van der Waals surface area contributed by atoms with E-state index in [2.05, 4.69) is 18.3 Å². The first-order valence-corrected chi connectivity index (χ1v) is 6.10. The van der Waals surface area contributed by atoms with Gasteiger partial charge in [-0.1, -0.05) is 19.1 Å². The molecule has 94 valence electrons. The Labute approximate surface area is 103 Å². The van der Waals surface area contributed by atoms with E-state index in [1.807, 2.05) is 25.1 Å². The number of hydrogen-bond acceptors (Lipinski definition) is 2. The second-order valence-electron chi connectivity index (χ2n) is 4.30. The minimum atomic E-state index is 0.0101. The van der Waals surface area contributed by atoms with Gasteiger partial charge < -0.3 is 10.1 Å². The van der Waals surface area contributed by atoms with E-state index in [0.29, 0.717) is 0 Å². The van der Waals surface area contributed by atoms with E-state index in [4.69, 9.17) is 4.74 Å². The number of nitrogens with one attached hydrogen (secondary N) is 1. The summed E-state index contributed by atoms with van der Waals surface area (Å²) in [5, 5.41) is 2.87. The van der Waals surface area contributed by atoms with Gasteiger partial charge in [0.2, 0.25) is 5.91 Å². The molecule has 0 heterocycles. The molecule has 1 atom stereocenters. The molecule has 1 aromatic carbocycles. The largest absolute Gasteiger partial charge is 0.494 e. The molecule has 0 saturated carbocycles. The number of amides is 1. The van der Waals surface area contributed by atoms with Crippen molar-refractivity contribution < 1.29 is 9.53 Å². The van der Waals surface area contributed by atoms with Crippen LogP contribution in [0.1, 0.15) is 32.8 Å². The van der Waals surface area contributed by atoms with Crippen LogP contribution in [0.15, 0.2) is 24.3 Å². The van der Waals surface area contributed by atoms with Gasteiger partial charge in [-0.3, -0.25) is 4.79 Å². The summed E-state index contributed by atoms with van der Waals surface area (Å²) in [7, 11) is 0. The van der Waals surface area contributed by atoms with Crippen LogP contribution in [0.3, 0.4) is 0 Å². The van der Waals surface area contributed by atoms with Gasteiger partial charge in [0.25, 0.3) is 0 Å². The molecule has 0 bridgehead atoms. The predicted molar refractivity (Wildman–Crippen MR) is 69.2 cm³/mol. The highest BCUT2D eigenvalue weighted by atomic mass is 16.5. The molecule has 3 nitrogen and oxygen atoms in total. The lowest BCUT2D eigenvalue weighted by Gasteiger charge is -2.13.